The molecule has 23 heavy (non-hydrogen) atoms. The lowest BCUT2D eigenvalue weighted by atomic mass is 10.1. The number of nitrogens with zero attached hydrogens (tertiary/aromatic N) is 4. The fourth-order valence-corrected chi connectivity index (χ4v) is 2.72. The topological polar surface area (TPSA) is 74.1 Å². The van der Waals surface area contributed by atoms with E-state index in [1.165, 1.54) is 6.07 Å². The normalized spacial score (nSPS) is 16.9. The van der Waals surface area contributed by atoms with Crippen LogP contribution in [0.15, 0.2) is 30.5 Å². The number of para-hydroxylation sites is 1. The van der Waals surface area contributed by atoms with Crippen LogP contribution in [0, 0.1) is 17.1 Å². The molecule has 0 bridgehead atoms. The van der Waals surface area contributed by atoms with Crippen LogP contribution in [-0.2, 0) is 0 Å². The molecule has 0 amide bonds. The van der Waals surface area contributed by atoms with Gasteiger partial charge in [-0.1, -0.05) is 6.07 Å². The number of hydrogen-bond donors (Lipinski definition) is 1. The third-order valence-corrected chi connectivity index (χ3v) is 3.78. The van der Waals surface area contributed by atoms with Crippen molar-refractivity contribution < 1.29 is 9.13 Å². The zero-order valence-electron chi connectivity index (χ0n) is 12.7. The van der Waals surface area contributed by atoms with E-state index in [0.717, 1.165) is 6.42 Å². The Bertz CT molecular complexity index is 745. The maximum atomic E-state index is 14.1. The number of methoxy groups -OCH3 is 1. The molecule has 1 aliphatic heterocycles. The third-order valence-electron chi connectivity index (χ3n) is 3.78. The standard InChI is InChI=1S/C16H16FN5O/c1-23-14-5-7-19-16(21-14)20-12-6-8-22(10-12)15-11(9-18)3-2-4-13(15)17/h2-5,7,12H,6,8,10H2,1H3,(H,19,20,21). The van der Waals surface area contributed by atoms with Crippen molar-refractivity contribution in [1.29, 1.82) is 5.26 Å². The van der Waals surface area contributed by atoms with E-state index in [4.69, 9.17) is 10.00 Å². The summed E-state index contributed by atoms with van der Waals surface area (Å²) in [6.45, 7) is 1.24. The molecular formula is C16H16FN5O. The highest BCUT2D eigenvalue weighted by Gasteiger charge is 2.26. The molecule has 1 unspecified atom stereocenters. The third kappa shape index (κ3) is 3.16. The Morgan fingerprint density at radius 2 is 2.30 bits per heavy atom. The number of rotatable bonds is 4. The minimum Gasteiger partial charge on any atom is -0.481 e. The monoisotopic (exact) mass is 313 g/mol. The SMILES string of the molecule is COc1ccnc(NC2CCN(c3c(F)cccc3C#N)C2)n1. The van der Waals surface area contributed by atoms with E-state index in [9.17, 15) is 4.39 Å². The Morgan fingerprint density at radius 1 is 1.43 bits per heavy atom. The van der Waals surface area contributed by atoms with E-state index >= 15 is 0 Å². The maximum absolute atomic E-state index is 14.1. The molecule has 3 rings (SSSR count). The molecule has 1 aromatic carbocycles. The van der Waals surface area contributed by atoms with Gasteiger partial charge in [0, 0.05) is 31.4 Å². The number of anilines is 2. The van der Waals surface area contributed by atoms with Crippen molar-refractivity contribution in [1.82, 2.24) is 9.97 Å². The second-order valence-corrected chi connectivity index (χ2v) is 5.25. The van der Waals surface area contributed by atoms with E-state index in [1.807, 2.05) is 11.0 Å². The average Bonchev–Trinajstić information content (AvgIpc) is 3.02. The van der Waals surface area contributed by atoms with Gasteiger partial charge in [0.05, 0.1) is 18.4 Å². The Kier molecular flexibility index (Phi) is 4.24. The molecule has 2 heterocycles. The van der Waals surface area contributed by atoms with Crippen LogP contribution in [-0.4, -0.2) is 36.2 Å². The van der Waals surface area contributed by atoms with Crippen LogP contribution in [0.2, 0.25) is 0 Å². The zero-order valence-corrected chi connectivity index (χ0v) is 12.7. The van der Waals surface area contributed by atoms with Gasteiger partial charge in [0.25, 0.3) is 0 Å². The van der Waals surface area contributed by atoms with Gasteiger partial charge in [-0.25, -0.2) is 9.37 Å². The first-order valence-corrected chi connectivity index (χ1v) is 7.28. The van der Waals surface area contributed by atoms with Crippen molar-refractivity contribution in [3.05, 3.63) is 41.8 Å². The first-order valence-electron chi connectivity index (χ1n) is 7.28. The molecule has 2 aromatic rings. The van der Waals surface area contributed by atoms with Gasteiger partial charge in [0.15, 0.2) is 0 Å². The summed E-state index contributed by atoms with van der Waals surface area (Å²) in [5.74, 6) is 0.589. The minimum absolute atomic E-state index is 0.0771. The van der Waals surface area contributed by atoms with Crippen LogP contribution < -0.4 is 15.0 Å². The van der Waals surface area contributed by atoms with Crippen molar-refractivity contribution in [2.45, 2.75) is 12.5 Å². The molecule has 1 fully saturated rings. The lowest BCUT2D eigenvalue weighted by molar-refractivity contribution is 0.397. The second-order valence-electron chi connectivity index (χ2n) is 5.25. The summed E-state index contributed by atoms with van der Waals surface area (Å²) in [5.41, 5.74) is 0.717. The molecule has 1 atom stereocenters. The van der Waals surface area contributed by atoms with Gasteiger partial charge < -0.3 is 15.0 Å². The number of benzene rings is 1. The second kappa shape index (κ2) is 6.48. The number of aromatic nitrogens is 2. The van der Waals surface area contributed by atoms with Gasteiger partial charge in [-0.2, -0.15) is 10.2 Å². The summed E-state index contributed by atoms with van der Waals surface area (Å²) in [6.07, 6.45) is 2.42. The van der Waals surface area contributed by atoms with Gasteiger partial charge in [-0.05, 0) is 18.6 Å². The van der Waals surface area contributed by atoms with Gasteiger partial charge in [0.1, 0.15) is 11.9 Å². The van der Waals surface area contributed by atoms with E-state index in [2.05, 4.69) is 15.3 Å². The lowest BCUT2D eigenvalue weighted by Crippen LogP contribution is -2.27. The summed E-state index contributed by atoms with van der Waals surface area (Å²) < 4.78 is 19.2. The van der Waals surface area contributed by atoms with E-state index in [1.54, 1.807) is 31.5 Å². The molecule has 1 N–H and O–H groups in total. The van der Waals surface area contributed by atoms with Crippen LogP contribution >= 0.6 is 0 Å². The Hall–Kier alpha value is -2.88. The van der Waals surface area contributed by atoms with E-state index in [0.29, 0.717) is 36.2 Å². The molecule has 118 valence electrons. The van der Waals surface area contributed by atoms with Crippen LogP contribution in [0.5, 0.6) is 5.88 Å². The van der Waals surface area contributed by atoms with Crippen molar-refractivity contribution in [3.63, 3.8) is 0 Å². The molecule has 6 nitrogen and oxygen atoms in total. The lowest BCUT2D eigenvalue weighted by Gasteiger charge is -2.20. The highest BCUT2D eigenvalue weighted by molar-refractivity contribution is 5.61. The van der Waals surface area contributed by atoms with Gasteiger partial charge in [-0.3, -0.25) is 0 Å². The van der Waals surface area contributed by atoms with Crippen molar-refractivity contribution in [2.75, 3.05) is 30.4 Å². The van der Waals surface area contributed by atoms with Crippen LogP contribution in [0.3, 0.4) is 0 Å². The average molecular weight is 313 g/mol. The Balaban J connectivity index is 1.73. The molecule has 0 radical (unpaired) electrons. The number of nitrogens with one attached hydrogen (secondary N) is 1. The van der Waals surface area contributed by atoms with Gasteiger partial charge in [-0.15, -0.1) is 0 Å². The summed E-state index contributed by atoms with van der Waals surface area (Å²) in [7, 11) is 1.55. The fraction of sp³-hybridized carbons (Fsp3) is 0.312. The summed E-state index contributed by atoms with van der Waals surface area (Å²) in [5, 5.41) is 12.4. The van der Waals surface area contributed by atoms with Crippen LogP contribution in [0.1, 0.15) is 12.0 Å². The first kappa shape index (κ1) is 15.0. The number of ether oxygens (including phenoxy) is 1. The first-order chi connectivity index (χ1) is 11.2. The zero-order chi connectivity index (χ0) is 16.2. The summed E-state index contributed by atoms with van der Waals surface area (Å²) in [4.78, 5) is 10.2. The number of halogens is 1. The number of hydrogen-bond acceptors (Lipinski definition) is 6. The smallest absolute Gasteiger partial charge is 0.226 e. The van der Waals surface area contributed by atoms with Crippen molar-refractivity contribution in [2.24, 2.45) is 0 Å². The summed E-state index contributed by atoms with van der Waals surface area (Å²) in [6, 6.07) is 8.35. The highest BCUT2D eigenvalue weighted by Crippen LogP contribution is 2.28. The van der Waals surface area contributed by atoms with Crippen LogP contribution in [0.4, 0.5) is 16.0 Å². The number of nitriles is 1. The molecule has 7 heteroatoms. The van der Waals surface area contributed by atoms with Crippen LogP contribution in [0.25, 0.3) is 0 Å². The van der Waals surface area contributed by atoms with Crippen molar-refractivity contribution in [3.8, 4) is 11.9 Å². The highest BCUT2D eigenvalue weighted by atomic mass is 19.1. The maximum Gasteiger partial charge on any atom is 0.226 e. The summed E-state index contributed by atoms with van der Waals surface area (Å²) >= 11 is 0. The van der Waals surface area contributed by atoms with Gasteiger partial charge in [0.2, 0.25) is 11.8 Å². The molecule has 1 aliphatic rings. The predicted molar refractivity (Wildman–Crippen MR) is 83.9 cm³/mol. The van der Waals surface area contributed by atoms with Gasteiger partial charge >= 0.3 is 0 Å². The van der Waals surface area contributed by atoms with Crippen molar-refractivity contribution >= 4 is 11.6 Å². The Labute approximate surface area is 133 Å². The molecular weight excluding hydrogens is 297 g/mol. The molecule has 0 spiro atoms. The predicted octanol–water partition coefficient (Wildman–Crippen LogP) is 2.19. The quantitative estimate of drug-likeness (QED) is 0.932. The largest absolute Gasteiger partial charge is 0.481 e. The minimum atomic E-state index is -0.373. The molecule has 0 aliphatic carbocycles. The Morgan fingerprint density at radius 3 is 3.09 bits per heavy atom. The van der Waals surface area contributed by atoms with E-state index in [-0.39, 0.29) is 11.9 Å². The molecule has 1 saturated heterocycles. The van der Waals surface area contributed by atoms with E-state index < -0.39 is 0 Å². The fourth-order valence-electron chi connectivity index (χ4n) is 2.72. The molecule has 1 aromatic heterocycles. The molecule has 0 saturated carbocycles.